The molecular formula is C30H30O4. The lowest BCUT2D eigenvalue weighted by Crippen LogP contribution is -2.35. The van der Waals surface area contributed by atoms with E-state index in [4.69, 9.17) is 9.47 Å². The van der Waals surface area contributed by atoms with E-state index in [0.29, 0.717) is 11.3 Å². The van der Waals surface area contributed by atoms with E-state index in [1.165, 1.54) is 0 Å². The summed E-state index contributed by atoms with van der Waals surface area (Å²) in [6.45, 7) is 14.7. The smallest absolute Gasteiger partial charge is 0.335 e. The van der Waals surface area contributed by atoms with E-state index in [9.17, 15) is 9.59 Å². The van der Waals surface area contributed by atoms with Crippen LogP contribution in [0.3, 0.4) is 0 Å². The average molecular weight is 455 g/mol. The van der Waals surface area contributed by atoms with E-state index in [0.717, 1.165) is 33.9 Å². The molecule has 0 aromatic heterocycles. The normalized spacial score (nSPS) is 11.9. The number of rotatable bonds is 8. The van der Waals surface area contributed by atoms with Crippen LogP contribution in [0, 0.1) is 0 Å². The standard InChI is InChI=1S/C30H30O4/c1-7-28(31)34-27-18-14-25(15-19-27)23-10-8-22(9-11-23)24-12-16-26(17-13-24)30(5,6)21(4)33-29(32)20(2)3/h7-19,21H,1-2H2,3-6H3. The Morgan fingerprint density at radius 1 is 0.824 bits per heavy atom. The molecule has 0 saturated heterocycles. The van der Waals surface area contributed by atoms with Crippen LogP contribution in [0.25, 0.3) is 22.3 Å². The predicted molar refractivity (Wildman–Crippen MR) is 137 cm³/mol. The van der Waals surface area contributed by atoms with Crippen LogP contribution < -0.4 is 4.74 Å². The molecule has 0 radical (unpaired) electrons. The van der Waals surface area contributed by atoms with Crippen LogP contribution in [0.1, 0.15) is 33.3 Å². The highest BCUT2D eigenvalue weighted by Gasteiger charge is 2.31. The molecule has 34 heavy (non-hydrogen) atoms. The fraction of sp³-hybridized carbons (Fsp3) is 0.200. The quantitative estimate of drug-likeness (QED) is 0.211. The molecule has 4 heteroatoms. The van der Waals surface area contributed by atoms with Crippen molar-refractivity contribution < 1.29 is 19.1 Å². The lowest BCUT2D eigenvalue weighted by Gasteiger charge is -2.32. The lowest BCUT2D eigenvalue weighted by molar-refractivity contribution is -0.146. The molecule has 3 rings (SSSR count). The zero-order valence-electron chi connectivity index (χ0n) is 20.1. The Balaban J connectivity index is 1.72. The molecule has 0 amide bonds. The van der Waals surface area contributed by atoms with Crippen LogP contribution in [0.4, 0.5) is 0 Å². The van der Waals surface area contributed by atoms with Crippen molar-refractivity contribution in [1.29, 1.82) is 0 Å². The fourth-order valence-corrected chi connectivity index (χ4v) is 3.46. The molecular weight excluding hydrogens is 424 g/mol. The summed E-state index contributed by atoms with van der Waals surface area (Å²) in [5, 5.41) is 0. The van der Waals surface area contributed by atoms with Crippen molar-refractivity contribution in [1.82, 2.24) is 0 Å². The minimum absolute atomic E-state index is 0.298. The fourth-order valence-electron chi connectivity index (χ4n) is 3.46. The summed E-state index contributed by atoms with van der Waals surface area (Å²) in [4.78, 5) is 23.2. The van der Waals surface area contributed by atoms with Crippen molar-refractivity contribution in [3.63, 3.8) is 0 Å². The molecule has 0 aliphatic carbocycles. The van der Waals surface area contributed by atoms with E-state index < -0.39 is 5.97 Å². The van der Waals surface area contributed by atoms with E-state index in [-0.39, 0.29) is 17.5 Å². The van der Waals surface area contributed by atoms with Gasteiger partial charge < -0.3 is 9.47 Å². The van der Waals surface area contributed by atoms with Crippen LogP contribution in [0.2, 0.25) is 0 Å². The van der Waals surface area contributed by atoms with Gasteiger partial charge in [-0.1, -0.05) is 87.7 Å². The van der Waals surface area contributed by atoms with Gasteiger partial charge in [-0.25, -0.2) is 9.59 Å². The molecule has 0 spiro atoms. The summed E-state index contributed by atoms with van der Waals surface area (Å²) >= 11 is 0. The zero-order chi connectivity index (χ0) is 24.9. The maximum Gasteiger partial charge on any atom is 0.335 e. The van der Waals surface area contributed by atoms with Crippen LogP contribution in [0.15, 0.2) is 97.6 Å². The molecule has 1 unspecified atom stereocenters. The first kappa shape index (κ1) is 24.7. The molecule has 0 aliphatic rings. The van der Waals surface area contributed by atoms with Crippen LogP contribution in [-0.4, -0.2) is 18.0 Å². The summed E-state index contributed by atoms with van der Waals surface area (Å²) in [5.41, 5.74) is 5.44. The Labute approximate surface area is 201 Å². The molecule has 4 nitrogen and oxygen atoms in total. The summed E-state index contributed by atoms with van der Waals surface area (Å²) < 4.78 is 10.7. The number of ether oxygens (including phenoxy) is 2. The minimum atomic E-state index is -0.478. The molecule has 0 aliphatic heterocycles. The number of hydrogen-bond acceptors (Lipinski definition) is 4. The molecule has 1 atom stereocenters. The number of hydrogen-bond donors (Lipinski definition) is 0. The van der Waals surface area contributed by atoms with Crippen molar-refractivity contribution in [2.75, 3.05) is 0 Å². The highest BCUT2D eigenvalue weighted by atomic mass is 16.5. The van der Waals surface area contributed by atoms with Crippen molar-refractivity contribution in [3.05, 3.63) is 103 Å². The van der Waals surface area contributed by atoms with Crippen LogP contribution in [0.5, 0.6) is 5.75 Å². The summed E-state index contributed by atoms with van der Waals surface area (Å²) in [7, 11) is 0. The topological polar surface area (TPSA) is 52.6 Å². The third-order valence-corrected chi connectivity index (χ3v) is 6.07. The van der Waals surface area contributed by atoms with Crippen LogP contribution in [-0.2, 0) is 19.7 Å². The number of carbonyl (C=O) groups excluding carboxylic acids is 2. The third-order valence-electron chi connectivity index (χ3n) is 6.07. The van der Waals surface area contributed by atoms with E-state index in [1.807, 2.05) is 19.1 Å². The molecule has 174 valence electrons. The predicted octanol–water partition coefficient (Wildman–Crippen LogP) is 6.90. The highest BCUT2D eigenvalue weighted by molar-refractivity contribution is 5.87. The SMILES string of the molecule is C=CC(=O)Oc1ccc(-c2ccc(-c3ccc(C(C)(C)C(C)OC(=O)C(=C)C)cc3)cc2)cc1. The summed E-state index contributed by atoms with van der Waals surface area (Å²) in [5.74, 6) is -0.365. The average Bonchev–Trinajstić information content (AvgIpc) is 2.84. The lowest BCUT2D eigenvalue weighted by atomic mass is 9.79. The molecule has 0 N–H and O–H groups in total. The summed E-state index contributed by atoms with van der Waals surface area (Å²) in [6, 6.07) is 24.0. The Bertz CT molecular complexity index is 1180. The Kier molecular flexibility index (Phi) is 7.52. The van der Waals surface area contributed by atoms with E-state index in [1.54, 1.807) is 19.1 Å². The number of carbonyl (C=O) groups is 2. The van der Waals surface area contributed by atoms with Crippen molar-refractivity contribution in [2.24, 2.45) is 0 Å². The van der Waals surface area contributed by atoms with Gasteiger partial charge in [0.1, 0.15) is 11.9 Å². The second kappa shape index (κ2) is 10.3. The second-order valence-electron chi connectivity index (χ2n) is 8.85. The second-order valence-corrected chi connectivity index (χ2v) is 8.85. The van der Waals surface area contributed by atoms with Crippen LogP contribution >= 0.6 is 0 Å². The van der Waals surface area contributed by atoms with Gasteiger partial charge in [-0.15, -0.1) is 0 Å². The Morgan fingerprint density at radius 2 is 1.24 bits per heavy atom. The van der Waals surface area contributed by atoms with Crippen molar-refractivity contribution in [3.8, 4) is 28.0 Å². The monoisotopic (exact) mass is 454 g/mol. The molecule has 0 saturated carbocycles. The third kappa shape index (κ3) is 5.70. The van der Waals surface area contributed by atoms with Crippen molar-refractivity contribution in [2.45, 2.75) is 39.2 Å². The maximum absolute atomic E-state index is 11.9. The summed E-state index contributed by atoms with van der Waals surface area (Å²) in [6.07, 6.45) is 0.840. The van der Waals surface area contributed by atoms with Gasteiger partial charge >= 0.3 is 11.9 Å². The first-order valence-corrected chi connectivity index (χ1v) is 11.1. The largest absolute Gasteiger partial charge is 0.458 e. The zero-order valence-corrected chi connectivity index (χ0v) is 20.1. The number of esters is 2. The molecule has 3 aromatic carbocycles. The first-order valence-electron chi connectivity index (χ1n) is 11.1. The molecule has 0 fully saturated rings. The van der Waals surface area contributed by atoms with Gasteiger partial charge in [0, 0.05) is 17.1 Å². The van der Waals surface area contributed by atoms with Gasteiger partial charge in [-0.2, -0.15) is 0 Å². The minimum Gasteiger partial charge on any atom is -0.458 e. The highest BCUT2D eigenvalue weighted by Crippen LogP contribution is 2.32. The van der Waals surface area contributed by atoms with Gasteiger partial charge in [0.2, 0.25) is 0 Å². The van der Waals surface area contributed by atoms with Gasteiger partial charge in [0.25, 0.3) is 0 Å². The van der Waals surface area contributed by atoms with Gasteiger partial charge in [0.15, 0.2) is 0 Å². The molecule has 0 bridgehead atoms. The van der Waals surface area contributed by atoms with Gasteiger partial charge in [-0.3, -0.25) is 0 Å². The number of benzene rings is 3. The van der Waals surface area contributed by atoms with Gasteiger partial charge in [-0.05, 0) is 53.8 Å². The first-order chi connectivity index (χ1) is 16.1. The molecule has 3 aromatic rings. The Morgan fingerprint density at radius 3 is 1.65 bits per heavy atom. The van der Waals surface area contributed by atoms with E-state index in [2.05, 4.69) is 75.5 Å². The molecule has 0 heterocycles. The van der Waals surface area contributed by atoms with Gasteiger partial charge in [0.05, 0.1) is 0 Å². The van der Waals surface area contributed by atoms with E-state index >= 15 is 0 Å². The van der Waals surface area contributed by atoms with Crippen molar-refractivity contribution >= 4 is 11.9 Å². The Hall–Kier alpha value is -3.92. The maximum atomic E-state index is 11.9.